The van der Waals surface area contributed by atoms with Gasteiger partial charge in [-0.05, 0) is 66.4 Å². The normalized spacial score (nSPS) is 36.8. The van der Waals surface area contributed by atoms with Gasteiger partial charge in [-0.15, -0.1) is 0 Å². The number of hydrogen-bond acceptors (Lipinski definition) is 4. The van der Waals surface area contributed by atoms with Crippen molar-refractivity contribution < 1.29 is 20.1 Å². The first kappa shape index (κ1) is 13.8. The molecule has 4 heteroatoms. The SMILES string of the molecule is C[C@]12CC[C@@H]3c4ccc(O)cc4CC[C@H]3C1=C(O)C(=O)[C@@H]2O. The van der Waals surface area contributed by atoms with Crippen LogP contribution >= 0.6 is 0 Å². The number of aliphatic hydroxyl groups excluding tert-OH is 2. The first-order chi connectivity index (χ1) is 10.4. The summed E-state index contributed by atoms with van der Waals surface area (Å²) in [6.45, 7) is 1.90. The third kappa shape index (κ3) is 1.59. The van der Waals surface area contributed by atoms with Crippen LogP contribution in [0.5, 0.6) is 5.75 Å². The van der Waals surface area contributed by atoms with Gasteiger partial charge < -0.3 is 15.3 Å². The van der Waals surface area contributed by atoms with Crippen molar-refractivity contribution in [3.63, 3.8) is 0 Å². The maximum absolute atomic E-state index is 12.1. The van der Waals surface area contributed by atoms with Crippen molar-refractivity contribution in [2.24, 2.45) is 11.3 Å². The van der Waals surface area contributed by atoms with Gasteiger partial charge in [0.25, 0.3) is 0 Å². The number of aromatic hydroxyl groups is 1. The molecule has 22 heavy (non-hydrogen) atoms. The Labute approximate surface area is 129 Å². The minimum Gasteiger partial charge on any atom is -0.508 e. The second kappa shape index (κ2) is 4.35. The molecule has 1 aromatic rings. The summed E-state index contributed by atoms with van der Waals surface area (Å²) in [5, 5.41) is 30.2. The molecular weight excluding hydrogens is 280 g/mol. The number of benzene rings is 1. The van der Waals surface area contributed by atoms with Gasteiger partial charge in [0.15, 0.2) is 5.76 Å². The molecule has 4 nitrogen and oxygen atoms in total. The monoisotopic (exact) mass is 300 g/mol. The lowest BCUT2D eigenvalue weighted by atomic mass is 9.58. The zero-order valence-corrected chi connectivity index (χ0v) is 12.5. The molecule has 1 fully saturated rings. The van der Waals surface area contributed by atoms with Gasteiger partial charge in [0.2, 0.25) is 5.78 Å². The first-order valence-electron chi connectivity index (χ1n) is 7.91. The molecule has 0 aromatic heterocycles. The van der Waals surface area contributed by atoms with E-state index in [1.165, 1.54) is 5.56 Å². The molecule has 1 aromatic carbocycles. The molecule has 1 saturated carbocycles. The van der Waals surface area contributed by atoms with Gasteiger partial charge in [-0.2, -0.15) is 0 Å². The molecule has 0 aliphatic heterocycles. The number of carbonyl (C=O) groups is 1. The lowest BCUT2D eigenvalue weighted by molar-refractivity contribution is -0.128. The fourth-order valence-electron chi connectivity index (χ4n) is 4.90. The average molecular weight is 300 g/mol. The highest BCUT2D eigenvalue weighted by Gasteiger charge is 2.56. The Morgan fingerprint density at radius 3 is 2.73 bits per heavy atom. The van der Waals surface area contributed by atoms with Crippen LogP contribution in [0.2, 0.25) is 0 Å². The van der Waals surface area contributed by atoms with Crippen LogP contribution in [-0.4, -0.2) is 27.2 Å². The summed E-state index contributed by atoms with van der Waals surface area (Å²) in [4.78, 5) is 12.1. The van der Waals surface area contributed by atoms with Crippen LogP contribution in [0.4, 0.5) is 0 Å². The largest absolute Gasteiger partial charge is 0.508 e. The van der Waals surface area contributed by atoms with Crippen LogP contribution in [0.1, 0.15) is 43.2 Å². The summed E-state index contributed by atoms with van der Waals surface area (Å²) < 4.78 is 0. The van der Waals surface area contributed by atoms with E-state index in [-0.39, 0.29) is 23.3 Å². The molecule has 0 saturated heterocycles. The second-order valence-electron chi connectivity index (χ2n) is 7.12. The Morgan fingerprint density at radius 1 is 1.18 bits per heavy atom. The van der Waals surface area contributed by atoms with E-state index >= 15 is 0 Å². The number of aryl methyl sites for hydroxylation is 1. The number of aliphatic hydroxyl groups is 2. The van der Waals surface area contributed by atoms with Gasteiger partial charge >= 0.3 is 0 Å². The highest BCUT2D eigenvalue weighted by molar-refractivity contribution is 6.01. The van der Waals surface area contributed by atoms with Gasteiger partial charge in [-0.3, -0.25) is 4.79 Å². The Morgan fingerprint density at radius 2 is 1.95 bits per heavy atom. The van der Waals surface area contributed by atoms with Crippen LogP contribution in [-0.2, 0) is 11.2 Å². The molecule has 0 amide bonds. The number of fused-ring (bicyclic) bond motifs is 5. The lowest BCUT2D eigenvalue weighted by Gasteiger charge is -2.46. The lowest BCUT2D eigenvalue weighted by Crippen LogP contribution is -2.41. The average Bonchev–Trinajstić information content (AvgIpc) is 2.68. The summed E-state index contributed by atoms with van der Waals surface area (Å²) in [6.07, 6.45) is 2.14. The van der Waals surface area contributed by atoms with E-state index in [1.54, 1.807) is 6.07 Å². The molecule has 3 aliphatic rings. The van der Waals surface area contributed by atoms with Crippen molar-refractivity contribution in [1.29, 1.82) is 0 Å². The molecule has 0 bridgehead atoms. The number of rotatable bonds is 0. The van der Waals surface area contributed by atoms with E-state index in [0.717, 1.165) is 30.4 Å². The maximum atomic E-state index is 12.1. The molecule has 3 aliphatic carbocycles. The molecule has 0 heterocycles. The molecule has 4 atom stereocenters. The zero-order chi connectivity index (χ0) is 15.6. The molecule has 4 rings (SSSR count). The van der Waals surface area contributed by atoms with Gasteiger partial charge in [0.05, 0.1) is 0 Å². The number of phenolic OH excluding ortho intramolecular Hbond substituents is 1. The fourth-order valence-corrected chi connectivity index (χ4v) is 4.90. The van der Waals surface area contributed by atoms with E-state index in [1.807, 2.05) is 19.1 Å². The maximum Gasteiger partial charge on any atom is 0.226 e. The summed E-state index contributed by atoms with van der Waals surface area (Å²) in [7, 11) is 0. The highest BCUT2D eigenvalue weighted by atomic mass is 16.3. The number of ketones is 1. The Kier molecular flexibility index (Phi) is 2.74. The molecule has 3 N–H and O–H groups in total. The molecular formula is C18H20O4. The minimum absolute atomic E-state index is 0.108. The van der Waals surface area contributed by atoms with Gasteiger partial charge in [0, 0.05) is 5.41 Å². The smallest absolute Gasteiger partial charge is 0.226 e. The molecule has 116 valence electrons. The Balaban J connectivity index is 1.82. The van der Waals surface area contributed by atoms with Crippen molar-refractivity contribution in [3.8, 4) is 5.75 Å². The quantitative estimate of drug-likeness (QED) is 0.688. The van der Waals surface area contributed by atoms with Crippen LogP contribution in [0.3, 0.4) is 0 Å². The topological polar surface area (TPSA) is 77.8 Å². The van der Waals surface area contributed by atoms with E-state index in [4.69, 9.17) is 0 Å². The summed E-state index contributed by atoms with van der Waals surface area (Å²) in [6, 6.07) is 5.50. The minimum atomic E-state index is -1.11. The Hall–Kier alpha value is -1.81. The van der Waals surface area contributed by atoms with Crippen molar-refractivity contribution >= 4 is 5.78 Å². The summed E-state index contributed by atoms with van der Waals surface area (Å²) in [5.41, 5.74) is 2.52. The number of carbonyl (C=O) groups excluding carboxylic acids is 1. The van der Waals surface area contributed by atoms with E-state index in [9.17, 15) is 20.1 Å². The summed E-state index contributed by atoms with van der Waals surface area (Å²) >= 11 is 0. The highest BCUT2D eigenvalue weighted by Crippen LogP contribution is 2.59. The van der Waals surface area contributed by atoms with Crippen molar-refractivity contribution in [3.05, 3.63) is 40.7 Å². The van der Waals surface area contributed by atoms with Gasteiger partial charge in [-0.25, -0.2) is 0 Å². The van der Waals surface area contributed by atoms with E-state index in [0.29, 0.717) is 6.42 Å². The molecule has 0 spiro atoms. The number of hydrogen-bond donors (Lipinski definition) is 3. The first-order valence-corrected chi connectivity index (χ1v) is 7.91. The van der Waals surface area contributed by atoms with Crippen molar-refractivity contribution in [1.82, 2.24) is 0 Å². The van der Waals surface area contributed by atoms with E-state index < -0.39 is 17.3 Å². The summed E-state index contributed by atoms with van der Waals surface area (Å²) in [5.74, 6) is -0.0717. The third-order valence-corrected chi connectivity index (χ3v) is 6.04. The van der Waals surface area contributed by atoms with Gasteiger partial charge in [0.1, 0.15) is 11.9 Å². The van der Waals surface area contributed by atoms with E-state index in [2.05, 4.69) is 0 Å². The second-order valence-corrected chi connectivity index (χ2v) is 7.12. The third-order valence-electron chi connectivity index (χ3n) is 6.04. The van der Waals surface area contributed by atoms with Crippen LogP contribution in [0.25, 0.3) is 0 Å². The van der Waals surface area contributed by atoms with Crippen molar-refractivity contribution in [2.45, 2.75) is 44.6 Å². The zero-order valence-electron chi connectivity index (χ0n) is 12.5. The predicted molar refractivity (Wildman–Crippen MR) is 80.7 cm³/mol. The molecule has 0 unspecified atom stereocenters. The number of phenols is 1. The van der Waals surface area contributed by atoms with Crippen LogP contribution < -0.4 is 0 Å². The van der Waals surface area contributed by atoms with Crippen LogP contribution in [0, 0.1) is 11.3 Å². The van der Waals surface area contributed by atoms with Crippen molar-refractivity contribution in [2.75, 3.05) is 0 Å². The van der Waals surface area contributed by atoms with Gasteiger partial charge in [-0.1, -0.05) is 13.0 Å². The predicted octanol–water partition coefficient (Wildman–Crippen LogP) is 2.59. The fraction of sp³-hybridized carbons (Fsp3) is 0.500. The number of Topliss-reactive ketones (excluding diaryl/α,β-unsaturated/α-hetero) is 1. The molecule has 0 radical (unpaired) electrons. The standard InChI is InChI=1S/C18H20O4/c1-18-7-6-12-11-5-3-10(19)8-9(11)2-4-13(12)14(18)15(20)16(21)17(18)22/h3,5,8,12-13,17,19-20,22H,2,4,6-7H2,1H3/t12-,13-,17+,18+/m1/s1. The van der Waals surface area contributed by atoms with Crippen LogP contribution in [0.15, 0.2) is 29.5 Å². The Bertz CT molecular complexity index is 705.